The van der Waals surface area contributed by atoms with Crippen molar-refractivity contribution >= 4 is 18.0 Å². The Kier molecular flexibility index (Phi) is 8.66. The van der Waals surface area contributed by atoms with E-state index in [1.54, 1.807) is 0 Å². The molecule has 2 amide bonds. The van der Waals surface area contributed by atoms with Crippen LogP contribution >= 0.6 is 0 Å². The molecule has 0 aromatic heterocycles. The van der Waals surface area contributed by atoms with E-state index in [-0.39, 0.29) is 18.9 Å². The first-order valence-electron chi connectivity index (χ1n) is 13.9. The lowest BCUT2D eigenvalue weighted by atomic mass is 9.84. The van der Waals surface area contributed by atoms with Crippen molar-refractivity contribution in [3.63, 3.8) is 0 Å². The molecule has 9 heteroatoms. The predicted molar refractivity (Wildman–Crippen MR) is 153 cm³/mol. The largest absolute Gasteiger partial charge is 0.479 e. The van der Waals surface area contributed by atoms with Crippen molar-refractivity contribution in [2.24, 2.45) is 0 Å². The number of aliphatic hydroxyl groups is 1. The highest BCUT2D eigenvalue weighted by Gasteiger charge is 2.39. The zero-order valence-corrected chi connectivity index (χ0v) is 22.8. The smallest absolute Gasteiger partial charge is 0.407 e. The summed E-state index contributed by atoms with van der Waals surface area (Å²) in [6, 6.07) is 26.3. The van der Waals surface area contributed by atoms with Crippen LogP contribution in [0.15, 0.2) is 78.9 Å². The van der Waals surface area contributed by atoms with Crippen LogP contribution in [-0.2, 0) is 20.9 Å². The monoisotopic (exact) mass is 557 g/mol. The first kappa shape index (κ1) is 28.3. The predicted octanol–water partition coefficient (Wildman–Crippen LogP) is 3.51. The Morgan fingerprint density at radius 2 is 1.49 bits per heavy atom. The van der Waals surface area contributed by atoms with Crippen LogP contribution in [0.4, 0.5) is 4.79 Å². The summed E-state index contributed by atoms with van der Waals surface area (Å²) in [4.78, 5) is 39.3. The molecule has 3 aromatic carbocycles. The lowest BCUT2D eigenvalue weighted by molar-refractivity contribution is -0.146. The van der Waals surface area contributed by atoms with Gasteiger partial charge in [0.2, 0.25) is 5.91 Å². The Morgan fingerprint density at radius 3 is 2.10 bits per heavy atom. The van der Waals surface area contributed by atoms with Gasteiger partial charge in [-0.1, -0.05) is 78.9 Å². The summed E-state index contributed by atoms with van der Waals surface area (Å²) in [6.45, 7) is 1.83. The number of fused-ring (bicyclic) bond motifs is 3. The van der Waals surface area contributed by atoms with Gasteiger partial charge in [0.15, 0.2) is 6.10 Å². The SMILES string of the molecule is O=C(CC1(NC(=O)OCC2c3ccccc3-c3ccccc32)CCN(Cc2ccccc2)CC1)NC[C@H](O)C(=O)O. The van der Waals surface area contributed by atoms with Crippen molar-refractivity contribution in [2.75, 3.05) is 26.2 Å². The van der Waals surface area contributed by atoms with Crippen molar-refractivity contribution in [2.45, 2.75) is 43.4 Å². The van der Waals surface area contributed by atoms with Gasteiger partial charge in [-0.2, -0.15) is 0 Å². The summed E-state index contributed by atoms with van der Waals surface area (Å²) in [5.41, 5.74) is 4.82. The van der Waals surface area contributed by atoms with Crippen LogP contribution in [-0.4, -0.2) is 71.0 Å². The van der Waals surface area contributed by atoms with Crippen molar-refractivity contribution in [1.29, 1.82) is 0 Å². The van der Waals surface area contributed by atoms with Gasteiger partial charge in [0, 0.05) is 32.0 Å². The maximum absolute atomic E-state index is 13.2. The van der Waals surface area contributed by atoms with E-state index < -0.39 is 36.2 Å². The first-order chi connectivity index (χ1) is 19.8. The Morgan fingerprint density at radius 1 is 0.902 bits per heavy atom. The number of carbonyl (C=O) groups excluding carboxylic acids is 2. The minimum atomic E-state index is -1.70. The lowest BCUT2D eigenvalue weighted by Gasteiger charge is -2.42. The zero-order valence-electron chi connectivity index (χ0n) is 22.8. The van der Waals surface area contributed by atoms with Gasteiger partial charge < -0.3 is 25.6 Å². The molecule has 0 bridgehead atoms. The van der Waals surface area contributed by atoms with Crippen molar-refractivity contribution in [3.05, 3.63) is 95.6 Å². The molecule has 2 aliphatic rings. The fourth-order valence-corrected chi connectivity index (χ4v) is 5.85. The van der Waals surface area contributed by atoms with Gasteiger partial charge in [0.05, 0.1) is 12.1 Å². The molecule has 0 saturated carbocycles. The van der Waals surface area contributed by atoms with Crippen LogP contribution in [0.25, 0.3) is 11.1 Å². The maximum atomic E-state index is 13.2. The number of carbonyl (C=O) groups is 3. The van der Waals surface area contributed by atoms with Gasteiger partial charge in [0.25, 0.3) is 0 Å². The third-order valence-corrected chi connectivity index (χ3v) is 8.05. The van der Waals surface area contributed by atoms with E-state index in [2.05, 4.69) is 51.9 Å². The number of hydrogen-bond acceptors (Lipinski definition) is 6. The van der Waals surface area contributed by atoms with Crippen LogP contribution in [0.5, 0.6) is 0 Å². The quantitative estimate of drug-likeness (QED) is 0.300. The van der Waals surface area contributed by atoms with E-state index in [4.69, 9.17) is 9.84 Å². The molecule has 0 unspecified atom stereocenters. The molecule has 214 valence electrons. The van der Waals surface area contributed by atoms with Crippen LogP contribution < -0.4 is 10.6 Å². The number of amides is 2. The minimum absolute atomic E-state index is 0.0529. The molecule has 5 rings (SSSR count). The summed E-state index contributed by atoms with van der Waals surface area (Å²) in [5, 5.41) is 24.0. The third-order valence-electron chi connectivity index (χ3n) is 8.05. The highest BCUT2D eigenvalue weighted by Crippen LogP contribution is 2.44. The second kappa shape index (κ2) is 12.5. The molecule has 0 radical (unpaired) electrons. The van der Waals surface area contributed by atoms with E-state index in [0.29, 0.717) is 25.9 Å². The molecule has 0 spiro atoms. The number of hydrogen-bond donors (Lipinski definition) is 4. The van der Waals surface area contributed by atoms with Crippen molar-refractivity contribution < 1.29 is 29.3 Å². The van der Waals surface area contributed by atoms with Crippen molar-refractivity contribution in [3.8, 4) is 11.1 Å². The average molecular weight is 558 g/mol. The highest BCUT2D eigenvalue weighted by molar-refractivity contribution is 5.81. The van der Waals surface area contributed by atoms with Gasteiger partial charge in [-0.15, -0.1) is 0 Å². The molecule has 1 aliphatic heterocycles. The van der Waals surface area contributed by atoms with Gasteiger partial charge >= 0.3 is 12.1 Å². The summed E-state index contributed by atoms with van der Waals surface area (Å²) < 4.78 is 5.79. The lowest BCUT2D eigenvalue weighted by Crippen LogP contribution is -2.57. The van der Waals surface area contributed by atoms with Gasteiger partial charge in [-0.3, -0.25) is 9.69 Å². The number of nitrogens with zero attached hydrogens (tertiary/aromatic N) is 1. The number of benzene rings is 3. The molecule has 9 nitrogen and oxygen atoms in total. The number of aliphatic hydroxyl groups excluding tert-OH is 1. The molecule has 1 heterocycles. The average Bonchev–Trinajstić information content (AvgIpc) is 3.30. The Bertz CT molecular complexity index is 1340. The molecule has 1 aliphatic carbocycles. The van der Waals surface area contributed by atoms with Gasteiger partial charge in [-0.05, 0) is 40.7 Å². The zero-order chi connectivity index (χ0) is 28.8. The standard InChI is InChI=1S/C32H35N3O6/c36-28(30(38)39)19-33-29(37)18-32(14-16-35(17-15-32)20-22-8-2-1-3-9-22)34-31(40)41-21-27-25-12-6-4-10-23(25)24-11-5-7-13-26(24)27/h1-13,27-28,36H,14-21H2,(H,33,37)(H,34,40)(H,38,39)/t28-/m0/s1. The highest BCUT2D eigenvalue weighted by atomic mass is 16.5. The van der Waals surface area contributed by atoms with E-state index >= 15 is 0 Å². The van der Waals surface area contributed by atoms with Gasteiger partial charge in [-0.25, -0.2) is 9.59 Å². The molecule has 1 atom stereocenters. The molecular formula is C32H35N3O6. The number of nitrogens with one attached hydrogen (secondary N) is 2. The molecule has 4 N–H and O–H groups in total. The van der Waals surface area contributed by atoms with E-state index in [9.17, 15) is 19.5 Å². The van der Waals surface area contributed by atoms with E-state index in [1.807, 2.05) is 42.5 Å². The molecule has 3 aromatic rings. The number of ether oxygens (including phenoxy) is 1. The van der Waals surface area contributed by atoms with Crippen LogP contribution in [0.3, 0.4) is 0 Å². The number of aliphatic carboxylic acids is 1. The molecule has 1 fully saturated rings. The first-order valence-corrected chi connectivity index (χ1v) is 13.9. The number of piperidine rings is 1. The Hall–Kier alpha value is -4.21. The molecule has 41 heavy (non-hydrogen) atoms. The topological polar surface area (TPSA) is 128 Å². The van der Waals surface area contributed by atoms with Crippen LogP contribution in [0.2, 0.25) is 0 Å². The van der Waals surface area contributed by atoms with Crippen molar-refractivity contribution in [1.82, 2.24) is 15.5 Å². The number of carboxylic acids is 1. The molecular weight excluding hydrogens is 522 g/mol. The van der Waals surface area contributed by atoms with E-state index in [1.165, 1.54) is 5.56 Å². The summed E-state index contributed by atoms with van der Waals surface area (Å²) in [7, 11) is 0. The number of rotatable bonds is 10. The Balaban J connectivity index is 1.24. The summed E-state index contributed by atoms with van der Waals surface area (Å²) in [5.74, 6) is -1.94. The summed E-state index contributed by atoms with van der Waals surface area (Å²) in [6.07, 6.45) is -1.32. The maximum Gasteiger partial charge on any atom is 0.407 e. The fraction of sp³-hybridized carbons (Fsp3) is 0.344. The number of likely N-dealkylation sites (tertiary alicyclic amines) is 1. The van der Waals surface area contributed by atoms with Gasteiger partial charge in [0.1, 0.15) is 6.61 Å². The minimum Gasteiger partial charge on any atom is -0.479 e. The second-order valence-corrected chi connectivity index (χ2v) is 10.8. The Labute approximate surface area is 239 Å². The second-order valence-electron chi connectivity index (χ2n) is 10.8. The van der Waals surface area contributed by atoms with Crippen LogP contribution in [0, 0.1) is 0 Å². The normalized spacial score (nSPS) is 16.7. The number of carboxylic acid groups (broad SMARTS) is 1. The van der Waals surface area contributed by atoms with Crippen LogP contribution in [0.1, 0.15) is 41.9 Å². The third kappa shape index (κ3) is 6.75. The molecule has 1 saturated heterocycles. The summed E-state index contributed by atoms with van der Waals surface area (Å²) >= 11 is 0. The van der Waals surface area contributed by atoms with E-state index in [0.717, 1.165) is 28.8 Å². The number of alkyl carbamates (subject to hydrolysis) is 1. The fourth-order valence-electron chi connectivity index (χ4n) is 5.85.